The van der Waals surface area contributed by atoms with Crippen LogP contribution in [-0.2, 0) is 7.05 Å². The van der Waals surface area contributed by atoms with E-state index in [0.717, 1.165) is 18.7 Å². The largest absolute Gasteiger partial charge is 0.339 e. The monoisotopic (exact) mass is 270 g/mol. The average Bonchev–Trinajstić information content (AvgIpc) is 2.37. The number of nitrogens with one attached hydrogen (secondary N) is 2. The van der Waals surface area contributed by atoms with Gasteiger partial charge in [-0.15, -0.1) is 0 Å². The summed E-state index contributed by atoms with van der Waals surface area (Å²) in [6.45, 7) is 1.10. The van der Waals surface area contributed by atoms with E-state index < -0.39 is 11.1 Å². The smallest absolute Gasteiger partial charge is 0.314 e. The summed E-state index contributed by atoms with van der Waals surface area (Å²) in [5, 5.41) is 6.49. The molecule has 2 N–H and O–H groups in total. The van der Waals surface area contributed by atoms with Gasteiger partial charge in [-0.3, -0.25) is 19.4 Å². The summed E-state index contributed by atoms with van der Waals surface area (Å²) in [6, 6.07) is 0.575. The van der Waals surface area contributed by atoms with Crippen molar-refractivity contribution in [2.45, 2.75) is 36.9 Å². The fourth-order valence-corrected chi connectivity index (χ4v) is 3.02. The van der Waals surface area contributed by atoms with Crippen LogP contribution in [0, 0.1) is 0 Å². The van der Waals surface area contributed by atoms with Gasteiger partial charge < -0.3 is 5.32 Å². The minimum Gasteiger partial charge on any atom is -0.314 e. The molecule has 0 aromatic carbocycles. The molecule has 6 nitrogen and oxygen atoms in total. The number of piperidine rings is 1. The molecule has 1 aromatic heterocycles. The van der Waals surface area contributed by atoms with Crippen LogP contribution in [0.4, 0.5) is 0 Å². The number of aryl methyl sites for hydroxylation is 1. The first kappa shape index (κ1) is 13.4. The molecule has 100 valence electrons. The zero-order chi connectivity index (χ0) is 13.0. The van der Waals surface area contributed by atoms with Gasteiger partial charge in [-0.25, -0.2) is 0 Å². The highest BCUT2D eigenvalue weighted by Crippen LogP contribution is 2.17. The molecule has 1 aliphatic heterocycles. The predicted molar refractivity (Wildman–Crippen MR) is 71.1 cm³/mol. The number of nitrogens with zero attached hydrogens (tertiary/aromatic N) is 2. The van der Waals surface area contributed by atoms with Crippen molar-refractivity contribution in [3.8, 4) is 0 Å². The highest BCUT2D eigenvalue weighted by atomic mass is 32.2. The third-order valence-electron chi connectivity index (χ3n) is 3.06. The zero-order valence-corrected chi connectivity index (χ0v) is 11.3. The summed E-state index contributed by atoms with van der Waals surface area (Å²) in [6.07, 6.45) is 4.83. The van der Waals surface area contributed by atoms with Crippen molar-refractivity contribution < 1.29 is 0 Å². The standard InChI is InChI=1S/C11H18N4O2S/c1-15-11(13-9(16)10(17)14-15)18-7-5-8-4-2-3-6-12-8/h8,12H,2-7H2,1H3,(H,14,17). The molecule has 2 heterocycles. The molecule has 1 unspecified atom stereocenters. The fraction of sp³-hybridized carbons (Fsp3) is 0.727. The first-order valence-corrected chi connectivity index (χ1v) is 7.19. The quantitative estimate of drug-likeness (QED) is 0.599. The highest BCUT2D eigenvalue weighted by molar-refractivity contribution is 7.99. The van der Waals surface area contributed by atoms with E-state index in [2.05, 4.69) is 15.4 Å². The predicted octanol–water partition coefficient (Wildman–Crippen LogP) is 0.0929. The van der Waals surface area contributed by atoms with Crippen LogP contribution < -0.4 is 16.4 Å². The molecule has 1 atom stereocenters. The Morgan fingerprint density at radius 3 is 3.00 bits per heavy atom. The van der Waals surface area contributed by atoms with Gasteiger partial charge in [0.25, 0.3) is 0 Å². The van der Waals surface area contributed by atoms with Gasteiger partial charge in [-0.2, -0.15) is 4.98 Å². The number of rotatable bonds is 4. The SMILES string of the molecule is Cn1[nH]c(=O)c(=O)nc1SCCC1CCCCN1. The number of aromatic amines is 1. The molecule has 0 spiro atoms. The molecule has 2 rings (SSSR count). The molecule has 1 aliphatic rings. The minimum absolute atomic E-state index is 0.565. The van der Waals surface area contributed by atoms with Crippen LogP contribution in [0.15, 0.2) is 14.7 Å². The Labute approximate surface area is 109 Å². The Kier molecular flexibility index (Phi) is 4.60. The van der Waals surface area contributed by atoms with Crippen LogP contribution in [0.2, 0.25) is 0 Å². The Hall–Kier alpha value is -1.08. The van der Waals surface area contributed by atoms with E-state index in [1.807, 2.05) is 0 Å². The molecule has 0 bridgehead atoms. The molecule has 1 fully saturated rings. The molecule has 7 heteroatoms. The lowest BCUT2D eigenvalue weighted by Gasteiger charge is -2.23. The zero-order valence-electron chi connectivity index (χ0n) is 10.4. The summed E-state index contributed by atoms with van der Waals surface area (Å²) < 4.78 is 1.50. The van der Waals surface area contributed by atoms with Crippen molar-refractivity contribution in [1.29, 1.82) is 0 Å². The third kappa shape index (κ3) is 3.46. The maximum atomic E-state index is 11.2. The van der Waals surface area contributed by atoms with Gasteiger partial charge in [-0.05, 0) is 25.8 Å². The van der Waals surface area contributed by atoms with E-state index in [4.69, 9.17) is 0 Å². The molecule has 0 amide bonds. The lowest BCUT2D eigenvalue weighted by molar-refractivity contribution is 0.394. The van der Waals surface area contributed by atoms with E-state index in [0.29, 0.717) is 11.2 Å². The van der Waals surface area contributed by atoms with E-state index >= 15 is 0 Å². The second kappa shape index (κ2) is 6.19. The fourth-order valence-electron chi connectivity index (χ4n) is 2.05. The molecule has 1 saturated heterocycles. The summed E-state index contributed by atoms with van der Waals surface area (Å²) in [7, 11) is 1.69. The van der Waals surface area contributed by atoms with Crippen LogP contribution in [0.3, 0.4) is 0 Å². The van der Waals surface area contributed by atoms with Crippen molar-refractivity contribution in [3.63, 3.8) is 0 Å². The second-order valence-corrected chi connectivity index (χ2v) is 5.55. The Bertz CT molecular complexity index is 505. The van der Waals surface area contributed by atoms with Crippen molar-refractivity contribution in [2.24, 2.45) is 7.05 Å². The molecule has 18 heavy (non-hydrogen) atoms. The topological polar surface area (TPSA) is 79.8 Å². The van der Waals surface area contributed by atoms with Crippen molar-refractivity contribution >= 4 is 11.8 Å². The van der Waals surface area contributed by atoms with Gasteiger partial charge in [0.2, 0.25) is 0 Å². The van der Waals surface area contributed by atoms with Crippen LogP contribution >= 0.6 is 11.8 Å². The Morgan fingerprint density at radius 1 is 1.44 bits per heavy atom. The van der Waals surface area contributed by atoms with Crippen LogP contribution in [0.25, 0.3) is 0 Å². The average molecular weight is 270 g/mol. The van der Waals surface area contributed by atoms with E-state index in [9.17, 15) is 9.59 Å². The van der Waals surface area contributed by atoms with Crippen LogP contribution in [0.5, 0.6) is 0 Å². The van der Waals surface area contributed by atoms with Crippen molar-refractivity contribution in [3.05, 3.63) is 20.7 Å². The highest BCUT2D eigenvalue weighted by Gasteiger charge is 2.12. The van der Waals surface area contributed by atoms with E-state index in [1.54, 1.807) is 7.05 Å². The number of thioether (sulfide) groups is 1. The Morgan fingerprint density at radius 2 is 2.28 bits per heavy atom. The summed E-state index contributed by atoms with van der Waals surface area (Å²) >= 11 is 1.51. The molecule has 1 aromatic rings. The molecule has 0 saturated carbocycles. The van der Waals surface area contributed by atoms with Crippen molar-refractivity contribution in [1.82, 2.24) is 20.1 Å². The molecule has 0 radical (unpaired) electrons. The number of aromatic nitrogens is 3. The van der Waals surface area contributed by atoms with E-state index in [-0.39, 0.29) is 0 Å². The minimum atomic E-state index is -0.716. The molecular weight excluding hydrogens is 252 g/mol. The lowest BCUT2D eigenvalue weighted by atomic mass is 10.0. The van der Waals surface area contributed by atoms with Crippen molar-refractivity contribution in [2.75, 3.05) is 12.3 Å². The van der Waals surface area contributed by atoms with Gasteiger partial charge in [-0.1, -0.05) is 18.2 Å². The first-order valence-electron chi connectivity index (χ1n) is 6.20. The number of H-pyrrole nitrogens is 1. The number of hydrogen-bond donors (Lipinski definition) is 2. The van der Waals surface area contributed by atoms with Gasteiger partial charge >= 0.3 is 11.1 Å². The molecular formula is C11H18N4O2S. The van der Waals surface area contributed by atoms with Crippen LogP contribution in [-0.4, -0.2) is 33.1 Å². The lowest BCUT2D eigenvalue weighted by Crippen LogP contribution is -2.35. The normalized spacial score (nSPS) is 19.9. The summed E-state index contributed by atoms with van der Waals surface area (Å²) in [4.78, 5) is 26.0. The summed E-state index contributed by atoms with van der Waals surface area (Å²) in [5.74, 6) is 0.893. The van der Waals surface area contributed by atoms with Crippen LogP contribution in [0.1, 0.15) is 25.7 Å². The van der Waals surface area contributed by atoms with Gasteiger partial charge in [0.05, 0.1) is 0 Å². The van der Waals surface area contributed by atoms with Gasteiger partial charge in [0.1, 0.15) is 0 Å². The van der Waals surface area contributed by atoms with Gasteiger partial charge in [0, 0.05) is 18.8 Å². The summed E-state index contributed by atoms with van der Waals surface area (Å²) in [5.41, 5.74) is -1.39. The first-order chi connectivity index (χ1) is 8.66. The van der Waals surface area contributed by atoms with E-state index in [1.165, 1.54) is 35.7 Å². The maximum Gasteiger partial charge on any atom is 0.339 e. The molecule has 0 aliphatic carbocycles. The second-order valence-electron chi connectivity index (χ2n) is 4.48. The number of hydrogen-bond acceptors (Lipinski definition) is 5. The third-order valence-corrected chi connectivity index (χ3v) is 4.12. The Balaban J connectivity index is 1.88. The maximum absolute atomic E-state index is 11.2. The van der Waals surface area contributed by atoms with Gasteiger partial charge in [0.15, 0.2) is 5.16 Å².